The molecule has 0 atom stereocenters. The number of hydrogen-bond acceptors (Lipinski definition) is 5. The molecule has 0 aliphatic rings. The van der Waals surface area contributed by atoms with Gasteiger partial charge < -0.3 is 4.43 Å². The summed E-state index contributed by atoms with van der Waals surface area (Å²) in [5, 5.41) is 2.76. The SMILES string of the molecule is CC(C)(C)[Si](C)(C)OCCc1ccc(-n2ccc(NC(=O)n3ccnc3)nc2=O)cc1. The normalized spacial score (nSPS) is 12.0. The lowest BCUT2D eigenvalue weighted by Gasteiger charge is -2.36. The molecule has 2 aromatic heterocycles. The Kier molecular flexibility index (Phi) is 6.56. The first-order valence-electron chi connectivity index (χ1n) is 10.2. The van der Waals surface area contributed by atoms with E-state index in [0.29, 0.717) is 12.3 Å². The fraction of sp³-hybridized carbons (Fsp3) is 0.364. The van der Waals surface area contributed by atoms with Crippen molar-refractivity contribution in [2.45, 2.75) is 45.3 Å². The van der Waals surface area contributed by atoms with Crippen LogP contribution in [0.3, 0.4) is 0 Å². The van der Waals surface area contributed by atoms with Crippen molar-refractivity contribution in [2.24, 2.45) is 0 Å². The van der Waals surface area contributed by atoms with Gasteiger partial charge in [-0.15, -0.1) is 0 Å². The molecule has 0 spiro atoms. The third-order valence-corrected chi connectivity index (χ3v) is 10.2. The first kappa shape index (κ1) is 22.6. The Morgan fingerprint density at radius 1 is 1.13 bits per heavy atom. The molecule has 0 saturated heterocycles. The summed E-state index contributed by atoms with van der Waals surface area (Å²) in [7, 11) is -1.75. The topological polar surface area (TPSA) is 91.0 Å². The molecule has 0 bridgehead atoms. The summed E-state index contributed by atoms with van der Waals surface area (Å²) >= 11 is 0. The van der Waals surface area contributed by atoms with Crippen LogP contribution >= 0.6 is 0 Å². The van der Waals surface area contributed by atoms with E-state index in [1.807, 2.05) is 24.3 Å². The zero-order chi connectivity index (χ0) is 22.6. The van der Waals surface area contributed by atoms with Crippen LogP contribution in [-0.2, 0) is 10.8 Å². The average Bonchev–Trinajstić information content (AvgIpc) is 3.23. The molecule has 3 rings (SSSR count). The van der Waals surface area contributed by atoms with Crippen LogP contribution in [0.15, 0.2) is 60.0 Å². The zero-order valence-electron chi connectivity index (χ0n) is 18.6. The number of nitrogens with one attached hydrogen (secondary N) is 1. The highest BCUT2D eigenvalue weighted by Gasteiger charge is 2.36. The molecule has 3 aromatic rings. The van der Waals surface area contributed by atoms with Crippen molar-refractivity contribution in [3.05, 3.63) is 71.3 Å². The molecule has 9 heteroatoms. The Morgan fingerprint density at radius 3 is 2.42 bits per heavy atom. The Morgan fingerprint density at radius 2 is 1.84 bits per heavy atom. The van der Waals surface area contributed by atoms with Crippen LogP contribution in [0.25, 0.3) is 5.69 Å². The lowest BCUT2D eigenvalue weighted by Crippen LogP contribution is -2.41. The number of aromatic nitrogens is 4. The van der Waals surface area contributed by atoms with Gasteiger partial charge in [-0.2, -0.15) is 4.98 Å². The van der Waals surface area contributed by atoms with Gasteiger partial charge in [-0.3, -0.25) is 14.5 Å². The smallest absolute Gasteiger partial charge is 0.354 e. The van der Waals surface area contributed by atoms with Crippen LogP contribution < -0.4 is 11.0 Å². The number of carbonyl (C=O) groups excluding carboxylic acids is 1. The lowest BCUT2D eigenvalue weighted by atomic mass is 10.1. The number of imidazole rings is 1. The second-order valence-corrected chi connectivity index (χ2v) is 13.7. The Bertz CT molecular complexity index is 1080. The molecule has 8 nitrogen and oxygen atoms in total. The Labute approximate surface area is 183 Å². The Hall–Kier alpha value is -3.04. The quantitative estimate of drug-likeness (QED) is 0.585. The van der Waals surface area contributed by atoms with Crippen LogP contribution in [0.4, 0.5) is 10.6 Å². The van der Waals surface area contributed by atoms with E-state index in [1.54, 1.807) is 12.3 Å². The predicted molar refractivity (Wildman–Crippen MR) is 123 cm³/mol. The highest BCUT2D eigenvalue weighted by atomic mass is 28.4. The number of hydrogen-bond donors (Lipinski definition) is 1. The summed E-state index contributed by atoms with van der Waals surface area (Å²) in [4.78, 5) is 32.2. The van der Waals surface area contributed by atoms with Gasteiger partial charge in [-0.25, -0.2) is 14.6 Å². The maximum atomic E-state index is 12.4. The minimum Gasteiger partial charge on any atom is -0.416 e. The maximum absolute atomic E-state index is 12.4. The standard InChI is InChI=1S/C22H29N5O3Si/c1-22(2,3)31(4,5)30-15-11-17-6-8-18(9-7-17)27-13-10-19(25-21(27)29)24-20(28)26-14-12-23-16-26/h6-10,12-14,16H,11,15H2,1-5H3,(H,24,25,28,29). The van der Waals surface area contributed by atoms with Gasteiger partial charge >= 0.3 is 11.7 Å². The number of nitrogens with zero attached hydrogens (tertiary/aromatic N) is 4. The molecule has 0 fully saturated rings. The number of amides is 1. The summed E-state index contributed by atoms with van der Waals surface area (Å²) in [5.41, 5.74) is 1.38. The van der Waals surface area contributed by atoms with Crippen LogP contribution in [-0.4, -0.2) is 40.1 Å². The van der Waals surface area contributed by atoms with Gasteiger partial charge in [-0.05, 0) is 48.3 Å². The van der Waals surface area contributed by atoms with E-state index in [2.05, 4.69) is 49.1 Å². The molecule has 0 saturated carbocycles. The lowest BCUT2D eigenvalue weighted by molar-refractivity contribution is 0.253. The summed E-state index contributed by atoms with van der Waals surface area (Å²) < 4.78 is 8.93. The van der Waals surface area contributed by atoms with Gasteiger partial charge in [0.05, 0.1) is 5.69 Å². The molecule has 1 aromatic carbocycles. The van der Waals surface area contributed by atoms with Crippen molar-refractivity contribution in [1.82, 2.24) is 19.1 Å². The molecular weight excluding hydrogens is 410 g/mol. The van der Waals surface area contributed by atoms with Gasteiger partial charge in [-0.1, -0.05) is 32.9 Å². The highest BCUT2D eigenvalue weighted by Crippen LogP contribution is 2.36. The summed E-state index contributed by atoms with van der Waals surface area (Å²) in [6, 6.07) is 8.89. The largest absolute Gasteiger partial charge is 0.416 e. The third-order valence-electron chi connectivity index (χ3n) is 5.65. The van der Waals surface area contributed by atoms with E-state index in [-0.39, 0.29) is 10.9 Å². The van der Waals surface area contributed by atoms with Gasteiger partial charge in [0.25, 0.3) is 0 Å². The summed E-state index contributed by atoms with van der Waals surface area (Å²) in [6.07, 6.45) is 6.78. The van der Waals surface area contributed by atoms with Crippen LogP contribution in [0.1, 0.15) is 26.3 Å². The van der Waals surface area contributed by atoms with E-state index in [9.17, 15) is 9.59 Å². The summed E-state index contributed by atoms with van der Waals surface area (Å²) in [5.74, 6) is 0.180. The molecule has 1 amide bonds. The maximum Gasteiger partial charge on any atom is 0.354 e. The number of benzene rings is 1. The fourth-order valence-electron chi connectivity index (χ4n) is 2.69. The van der Waals surface area contributed by atoms with Gasteiger partial charge in [0.2, 0.25) is 0 Å². The molecule has 1 N–H and O–H groups in total. The minimum atomic E-state index is -1.75. The van der Waals surface area contributed by atoms with Crippen LogP contribution in [0.2, 0.25) is 18.1 Å². The second-order valence-electron chi connectivity index (χ2n) is 8.89. The van der Waals surface area contributed by atoms with Gasteiger partial charge in [0.15, 0.2) is 8.32 Å². The Balaban J connectivity index is 1.63. The van der Waals surface area contributed by atoms with E-state index < -0.39 is 20.0 Å². The van der Waals surface area contributed by atoms with Gasteiger partial charge in [0.1, 0.15) is 12.1 Å². The van der Waals surface area contributed by atoms with Crippen LogP contribution in [0, 0.1) is 0 Å². The minimum absolute atomic E-state index is 0.180. The van der Waals surface area contributed by atoms with Crippen molar-refractivity contribution < 1.29 is 9.22 Å². The van der Waals surface area contributed by atoms with Crippen molar-refractivity contribution in [3.8, 4) is 5.69 Å². The molecule has 2 heterocycles. The molecule has 0 unspecified atom stereocenters. The highest BCUT2D eigenvalue weighted by molar-refractivity contribution is 6.74. The number of anilines is 1. The van der Waals surface area contributed by atoms with Crippen molar-refractivity contribution in [3.63, 3.8) is 0 Å². The fourth-order valence-corrected chi connectivity index (χ4v) is 3.73. The molecule has 0 aliphatic carbocycles. The second kappa shape index (κ2) is 8.99. The molecule has 31 heavy (non-hydrogen) atoms. The van der Waals surface area contributed by atoms with Crippen molar-refractivity contribution in [2.75, 3.05) is 11.9 Å². The van der Waals surface area contributed by atoms with Gasteiger partial charge in [0, 0.05) is 25.2 Å². The van der Waals surface area contributed by atoms with E-state index >= 15 is 0 Å². The molecule has 0 radical (unpaired) electrons. The average molecular weight is 440 g/mol. The number of rotatable bonds is 6. The third kappa shape index (κ3) is 5.56. The predicted octanol–water partition coefficient (Wildman–Crippen LogP) is 4.07. The molecule has 0 aliphatic heterocycles. The molecular formula is C22H29N5O3Si. The zero-order valence-corrected chi connectivity index (χ0v) is 19.6. The van der Waals surface area contributed by atoms with Crippen molar-refractivity contribution in [1.29, 1.82) is 0 Å². The van der Waals surface area contributed by atoms with Crippen LogP contribution in [0.5, 0.6) is 0 Å². The van der Waals surface area contributed by atoms with E-state index in [4.69, 9.17) is 4.43 Å². The molecule has 164 valence electrons. The first-order valence-corrected chi connectivity index (χ1v) is 13.1. The summed E-state index contributed by atoms with van der Waals surface area (Å²) in [6.45, 7) is 11.9. The van der Waals surface area contributed by atoms with E-state index in [0.717, 1.165) is 12.0 Å². The monoisotopic (exact) mass is 439 g/mol. The van der Waals surface area contributed by atoms with E-state index in [1.165, 1.54) is 27.9 Å². The first-order chi connectivity index (χ1) is 14.6. The number of carbonyl (C=O) groups is 1. The van der Waals surface area contributed by atoms with Crippen molar-refractivity contribution >= 4 is 20.2 Å².